The number of piperazine rings is 1. The van der Waals surface area contributed by atoms with E-state index in [4.69, 9.17) is 11.6 Å². The third-order valence-electron chi connectivity index (χ3n) is 6.00. The van der Waals surface area contributed by atoms with E-state index in [1.165, 1.54) is 11.9 Å². The Kier molecular flexibility index (Phi) is 4.69. The van der Waals surface area contributed by atoms with Crippen LogP contribution in [0, 0.1) is 12.8 Å². The van der Waals surface area contributed by atoms with Gasteiger partial charge >= 0.3 is 0 Å². The summed E-state index contributed by atoms with van der Waals surface area (Å²) in [4.78, 5) is 27.9. The highest BCUT2D eigenvalue weighted by molar-refractivity contribution is 6.30. The van der Waals surface area contributed by atoms with Crippen molar-refractivity contribution in [1.29, 1.82) is 0 Å². The van der Waals surface area contributed by atoms with Crippen LogP contribution in [0.4, 0.5) is 11.5 Å². The predicted octanol–water partition coefficient (Wildman–Crippen LogP) is 1.51. The zero-order valence-electron chi connectivity index (χ0n) is 17.0. The van der Waals surface area contributed by atoms with Crippen molar-refractivity contribution in [1.82, 2.24) is 29.9 Å². The van der Waals surface area contributed by atoms with Gasteiger partial charge in [0, 0.05) is 57.0 Å². The summed E-state index contributed by atoms with van der Waals surface area (Å²) in [6.07, 6.45) is 1.52. The maximum Gasteiger partial charge on any atom is 0.229 e. The van der Waals surface area contributed by atoms with Crippen LogP contribution in [-0.4, -0.2) is 75.0 Å². The molecule has 1 aromatic carbocycles. The largest absolute Gasteiger partial charge is 0.368 e. The van der Waals surface area contributed by atoms with E-state index in [-0.39, 0.29) is 11.8 Å². The average Bonchev–Trinajstić information content (AvgIpc) is 3.10. The summed E-state index contributed by atoms with van der Waals surface area (Å²) in [6.45, 7) is 6.47. The molecule has 0 unspecified atom stereocenters. The molecule has 30 heavy (non-hydrogen) atoms. The van der Waals surface area contributed by atoms with Crippen LogP contribution in [0.5, 0.6) is 0 Å². The van der Waals surface area contributed by atoms with Gasteiger partial charge in [-0.05, 0) is 24.6 Å². The predicted molar refractivity (Wildman–Crippen MR) is 115 cm³/mol. The molecule has 156 valence electrons. The highest BCUT2D eigenvalue weighted by Crippen LogP contribution is 2.29. The lowest BCUT2D eigenvalue weighted by Crippen LogP contribution is -2.58. The molecule has 0 bridgehead atoms. The highest BCUT2D eigenvalue weighted by Gasteiger charge is 2.38. The van der Waals surface area contributed by atoms with Gasteiger partial charge in [-0.25, -0.2) is 14.6 Å². The molecule has 2 aromatic heterocycles. The number of amides is 1. The van der Waals surface area contributed by atoms with Crippen molar-refractivity contribution in [3.05, 3.63) is 35.1 Å². The number of aromatic nitrogens is 5. The molecule has 2 fully saturated rings. The first kappa shape index (κ1) is 19.0. The number of aryl methyl sites for hydroxylation is 2. The number of carbonyl (C=O) groups excluding carboxylic acids is 1. The summed E-state index contributed by atoms with van der Waals surface area (Å²) < 4.78 is 1.63. The fourth-order valence-electron chi connectivity index (χ4n) is 4.23. The van der Waals surface area contributed by atoms with Crippen molar-refractivity contribution in [3.63, 3.8) is 0 Å². The molecular formula is C20H23ClN8O. The number of hydrogen-bond acceptors (Lipinski definition) is 7. The first-order chi connectivity index (χ1) is 14.5. The molecule has 0 aliphatic carbocycles. The molecule has 3 aromatic rings. The Morgan fingerprint density at radius 2 is 1.87 bits per heavy atom. The van der Waals surface area contributed by atoms with Crippen LogP contribution < -0.4 is 9.80 Å². The molecule has 5 rings (SSSR count). The Labute approximate surface area is 179 Å². The number of hydrogen-bond donors (Lipinski definition) is 0. The minimum Gasteiger partial charge on any atom is -0.368 e. The standard InChI is InChI=1S/C20H23ClN8O/c1-13-3-4-15(21)9-16(13)27-5-7-28(8-6-27)20(30)14-10-29(11-14)19-17-18(22-12-23-19)26(2)25-24-17/h3-4,9,12,14H,5-8,10-11H2,1-2H3. The zero-order valence-corrected chi connectivity index (χ0v) is 17.7. The maximum atomic E-state index is 13.0. The molecule has 1 amide bonds. The topological polar surface area (TPSA) is 83.3 Å². The van der Waals surface area contributed by atoms with E-state index in [0.717, 1.165) is 42.7 Å². The van der Waals surface area contributed by atoms with E-state index >= 15 is 0 Å². The van der Waals surface area contributed by atoms with Gasteiger partial charge in [-0.3, -0.25) is 4.79 Å². The molecule has 0 N–H and O–H groups in total. The van der Waals surface area contributed by atoms with Crippen LogP contribution in [-0.2, 0) is 11.8 Å². The van der Waals surface area contributed by atoms with Crippen LogP contribution in [0.2, 0.25) is 5.02 Å². The normalized spacial score (nSPS) is 17.5. The molecule has 9 nitrogen and oxygen atoms in total. The van der Waals surface area contributed by atoms with E-state index in [1.807, 2.05) is 23.1 Å². The van der Waals surface area contributed by atoms with Gasteiger partial charge in [-0.1, -0.05) is 22.9 Å². The summed E-state index contributed by atoms with van der Waals surface area (Å²) >= 11 is 6.17. The van der Waals surface area contributed by atoms with E-state index < -0.39 is 0 Å². The molecule has 2 aliphatic rings. The Balaban J connectivity index is 1.20. The van der Waals surface area contributed by atoms with Crippen LogP contribution in [0.25, 0.3) is 11.2 Å². The number of nitrogens with zero attached hydrogens (tertiary/aromatic N) is 8. The molecule has 2 aliphatic heterocycles. The molecule has 0 atom stereocenters. The number of halogens is 1. The van der Waals surface area contributed by atoms with Gasteiger partial charge in [0.1, 0.15) is 6.33 Å². The van der Waals surface area contributed by atoms with E-state index in [1.54, 1.807) is 11.7 Å². The molecule has 10 heteroatoms. The van der Waals surface area contributed by atoms with Crippen LogP contribution in [0.1, 0.15) is 5.56 Å². The summed E-state index contributed by atoms with van der Waals surface area (Å²) in [5.74, 6) is 0.961. The van der Waals surface area contributed by atoms with Gasteiger partial charge in [0.2, 0.25) is 5.91 Å². The van der Waals surface area contributed by atoms with Gasteiger partial charge in [-0.15, -0.1) is 5.10 Å². The fourth-order valence-corrected chi connectivity index (χ4v) is 4.40. The third-order valence-corrected chi connectivity index (χ3v) is 6.24. The number of fused-ring (bicyclic) bond motifs is 1. The lowest BCUT2D eigenvalue weighted by molar-refractivity contribution is -0.136. The van der Waals surface area contributed by atoms with E-state index in [0.29, 0.717) is 24.3 Å². The first-order valence-electron chi connectivity index (χ1n) is 10.1. The van der Waals surface area contributed by atoms with Crippen LogP contribution >= 0.6 is 11.6 Å². The maximum absolute atomic E-state index is 13.0. The molecule has 4 heterocycles. The second-order valence-electron chi connectivity index (χ2n) is 7.93. The molecule has 0 saturated carbocycles. The third kappa shape index (κ3) is 3.23. The summed E-state index contributed by atoms with van der Waals surface area (Å²) in [7, 11) is 1.80. The number of benzene rings is 1. The molecule has 0 spiro atoms. The van der Waals surface area contributed by atoms with E-state index in [9.17, 15) is 4.79 Å². The second kappa shape index (κ2) is 7.39. The van der Waals surface area contributed by atoms with Gasteiger partial charge in [0.05, 0.1) is 5.92 Å². The van der Waals surface area contributed by atoms with Gasteiger partial charge in [0.15, 0.2) is 17.0 Å². The van der Waals surface area contributed by atoms with Gasteiger partial charge in [0.25, 0.3) is 0 Å². The first-order valence-corrected chi connectivity index (χ1v) is 10.4. The molecular weight excluding hydrogens is 404 g/mol. The van der Waals surface area contributed by atoms with Gasteiger partial charge in [-0.2, -0.15) is 0 Å². The van der Waals surface area contributed by atoms with Gasteiger partial charge < -0.3 is 14.7 Å². The monoisotopic (exact) mass is 426 g/mol. The zero-order chi connectivity index (χ0) is 20.8. The van der Waals surface area contributed by atoms with Crippen molar-refractivity contribution in [3.8, 4) is 0 Å². The smallest absolute Gasteiger partial charge is 0.229 e. The number of carbonyl (C=O) groups is 1. The number of rotatable bonds is 3. The number of anilines is 2. The SMILES string of the molecule is Cc1ccc(Cl)cc1N1CCN(C(=O)C2CN(c3ncnc4c3nnn4C)C2)CC1. The van der Waals surface area contributed by atoms with Crippen molar-refractivity contribution < 1.29 is 4.79 Å². The second-order valence-corrected chi connectivity index (χ2v) is 8.36. The lowest BCUT2D eigenvalue weighted by atomic mass is 9.97. The minimum atomic E-state index is -0.00820. The Hall–Kier alpha value is -2.94. The molecule has 0 radical (unpaired) electrons. The fraction of sp³-hybridized carbons (Fsp3) is 0.450. The summed E-state index contributed by atoms with van der Waals surface area (Å²) in [5.41, 5.74) is 3.73. The highest BCUT2D eigenvalue weighted by atomic mass is 35.5. The van der Waals surface area contributed by atoms with Crippen molar-refractivity contribution in [2.75, 3.05) is 49.1 Å². The summed E-state index contributed by atoms with van der Waals surface area (Å²) in [5, 5.41) is 8.93. The Morgan fingerprint density at radius 3 is 2.63 bits per heavy atom. The van der Waals surface area contributed by atoms with Crippen LogP contribution in [0.15, 0.2) is 24.5 Å². The van der Waals surface area contributed by atoms with Crippen molar-refractivity contribution in [2.24, 2.45) is 13.0 Å². The lowest BCUT2D eigenvalue weighted by Gasteiger charge is -2.43. The Morgan fingerprint density at radius 1 is 1.10 bits per heavy atom. The van der Waals surface area contributed by atoms with Crippen LogP contribution in [0.3, 0.4) is 0 Å². The Bertz CT molecular complexity index is 1100. The van der Waals surface area contributed by atoms with E-state index in [2.05, 4.69) is 37.0 Å². The quantitative estimate of drug-likeness (QED) is 0.627. The average molecular weight is 427 g/mol. The minimum absolute atomic E-state index is 0.00820. The van der Waals surface area contributed by atoms with Crippen molar-refractivity contribution in [2.45, 2.75) is 6.92 Å². The summed E-state index contributed by atoms with van der Waals surface area (Å²) in [6, 6.07) is 5.96. The van der Waals surface area contributed by atoms with Crippen molar-refractivity contribution >= 4 is 40.2 Å². The molecule has 2 saturated heterocycles.